The van der Waals surface area contributed by atoms with E-state index in [-0.39, 0.29) is 0 Å². The maximum Gasteiger partial charge on any atom is 0.324 e. The summed E-state index contributed by atoms with van der Waals surface area (Å²) in [5.74, 6) is 0. The van der Waals surface area contributed by atoms with Crippen molar-refractivity contribution in [2.24, 2.45) is 0 Å². The Hall–Kier alpha value is -6.71. The minimum atomic E-state index is -2.62. The fourth-order valence-electron chi connectivity index (χ4n) is 6.67. The van der Waals surface area contributed by atoms with Crippen LogP contribution in [-0.4, -0.2) is 14.7 Å². The van der Waals surface area contributed by atoms with Gasteiger partial charge in [0.15, 0.2) is 0 Å². The lowest BCUT2D eigenvalue weighted by molar-refractivity contribution is 0.368. The highest BCUT2D eigenvalue weighted by Crippen LogP contribution is 2.34. The van der Waals surface area contributed by atoms with Crippen LogP contribution in [0, 0.1) is 0 Å². The first-order chi connectivity index (χ1) is 28.6. The van der Waals surface area contributed by atoms with E-state index in [0.717, 1.165) is 0 Å². The van der Waals surface area contributed by atoms with Gasteiger partial charge in [-0.25, -0.2) is 0 Å². The van der Waals surface area contributed by atoms with E-state index >= 15 is 0 Å². The second kappa shape index (κ2) is 22.1. The Balaban J connectivity index is 0.000000140. The number of hydrogen-bond acceptors (Lipinski definition) is 3. The molecule has 9 aromatic carbocycles. The Morgan fingerprint density at radius 1 is 0.172 bits per heavy atom. The molecule has 3 N–H and O–H groups in total. The van der Waals surface area contributed by atoms with Gasteiger partial charge in [-0.3, -0.25) is 0 Å². The molecule has 3 nitrogen and oxygen atoms in total. The van der Waals surface area contributed by atoms with E-state index in [9.17, 15) is 0 Å². The zero-order valence-corrected chi connectivity index (χ0v) is 32.9. The standard InChI is InChI=1S/3C18H14.H3O3P/c3*1-3-9-15(10-4-1)17-13-7-8-14-18(17)16-11-5-2-6-12-16;1-4(2)3/h3*1-14H;1-3H. The van der Waals surface area contributed by atoms with Crippen LogP contribution in [0.25, 0.3) is 66.8 Å². The van der Waals surface area contributed by atoms with Crippen molar-refractivity contribution in [2.45, 2.75) is 0 Å². The summed E-state index contributed by atoms with van der Waals surface area (Å²) in [6.07, 6.45) is 0. The zero-order chi connectivity index (χ0) is 40.2. The molecule has 0 saturated carbocycles. The Labute approximate surface area is 343 Å². The summed E-state index contributed by atoms with van der Waals surface area (Å²) >= 11 is 0. The van der Waals surface area contributed by atoms with Crippen LogP contribution in [0.2, 0.25) is 0 Å². The third-order valence-electron chi connectivity index (χ3n) is 9.29. The quantitative estimate of drug-likeness (QED) is 0.148. The summed E-state index contributed by atoms with van der Waals surface area (Å²) in [6, 6.07) is 88.7. The predicted octanol–water partition coefficient (Wildman–Crippen LogP) is 14.3. The van der Waals surface area contributed by atoms with E-state index in [1.807, 2.05) is 0 Å². The second-order valence-corrected chi connectivity index (χ2v) is 13.6. The Morgan fingerprint density at radius 2 is 0.276 bits per heavy atom. The molecular weight excluding hydrogens is 728 g/mol. The molecule has 0 saturated heterocycles. The van der Waals surface area contributed by atoms with Crippen LogP contribution in [-0.2, 0) is 0 Å². The Kier molecular flexibility index (Phi) is 15.6. The topological polar surface area (TPSA) is 60.7 Å². The summed E-state index contributed by atoms with van der Waals surface area (Å²) in [5.41, 5.74) is 15.3. The van der Waals surface area contributed by atoms with Crippen LogP contribution >= 0.6 is 8.60 Å². The number of rotatable bonds is 6. The normalized spacial score (nSPS) is 10.1. The third-order valence-corrected chi connectivity index (χ3v) is 9.29. The minimum Gasteiger partial charge on any atom is -0.328 e. The van der Waals surface area contributed by atoms with E-state index in [4.69, 9.17) is 14.7 Å². The van der Waals surface area contributed by atoms with Crippen molar-refractivity contribution in [3.05, 3.63) is 255 Å². The van der Waals surface area contributed by atoms with Gasteiger partial charge in [0.05, 0.1) is 0 Å². The largest absolute Gasteiger partial charge is 0.328 e. The highest BCUT2D eigenvalue weighted by atomic mass is 31.2. The molecule has 0 amide bonds. The zero-order valence-electron chi connectivity index (χ0n) is 32.0. The maximum atomic E-state index is 7.23. The molecule has 0 atom stereocenters. The molecule has 0 aliphatic carbocycles. The predicted molar refractivity (Wildman–Crippen MR) is 246 cm³/mol. The SMILES string of the molecule is OP(O)O.c1ccc(-c2ccccc2-c2ccccc2)cc1.c1ccc(-c2ccccc2-c2ccccc2)cc1.c1ccc(-c2ccccc2-c2ccccc2)cc1. The first kappa shape index (κ1) is 40.9. The maximum absolute atomic E-state index is 7.23. The van der Waals surface area contributed by atoms with Crippen LogP contribution < -0.4 is 0 Å². The summed E-state index contributed by atoms with van der Waals surface area (Å²) in [5, 5.41) is 0. The van der Waals surface area contributed by atoms with Crippen molar-refractivity contribution in [1.29, 1.82) is 0 Å². The molecule has 0 aliphatic rings. The molecule has 0 aliphatic heterocycles. The lowest BCUT2D eigenvalue weighted by Crippen LogP contribution is -1.83. The van der Waals surface area contributed by atoms with Crippen LogP contribution in [0.4, 0.5) is 0 Å². The molecule has 0 fully saturated rings. The molecule has 4 heteroatoms. The van der Waals surface area contributed by atoms with Gasteiger partial charge in [0.2, 0.25) is 0 Å². The third kappa shape index (κ3) is 11.9. The fourth-order valence-corrected chi connectivity index (χ4v) is 6.67. The molecule has 9 rings (SSSR count). The van der Waals surface area contributed by atoms with E-state index < -0.39 is 8.60 Å². The molecule has 284 valence electrons. The Bertz CT molecular complexity index is 2050. The van der Waals surface area contributed by atoms with Gasteiger partial charge >= 0.3 is 8.60 Å². The molecule has 0 radical (unpaired) electrons. The summed E-state index contributed by atoms with van der Waals surface area (Å²) in [7, 11) is -2.62. The molecule has 0 bridgehead atoms. The van der Waals surface area contributed by atoms with Crippen LogP contribution in [0.3, 0.4) is 0 Å². The highest BCUT2D eigenvalue weighted by molar-refractivity contribution is 7.38. The van der Waals surface area contributed by atoms with Crippen molar-refractivity contribution in [3.8, 4) is 66.8 Å². The van der Waals surface area contributed by atoms with Gasteiger partial charge in [-0.05, 0) is 66.8 Å². The van der Waals surface area contributed by atoms with Gasteiger partial charge in [-0.1, -0.05) is 255 Å². The highest BCUT2D eigenvalue weighted by Gasteiger charge is 2.08. The summed E-state index contributed by atoms with van der Waals surface area (Å²) in [4.78, 5) is 21.7. The van der Waals surface area contributed by atoms with Crippen LogP contribution in [0.15, 0.2) is 255 Å². The fraction of sp³-hybridized carbons (Fsp3) is 0. The molecule has 58 heavy (non-hydrogen) atoms. The minimum absolute atomic E-state index is 1.26. The van der Waals surface area contributed by atoms with E-state index in [1.165, 1.54) is 66.8 Å². The van der Waals surface area contributed by atoms with Crippen LogP contribution in [0.1, 0.15) is 0 Å². The second-order valence-electron chi connectivity index (χ2n) is 13.1. The summed E-state index contributed by atoms with van der Waals surface area (Å²) < 4.78 is 0. The number of hydrogen-bond donors (Lipinski definition) is 3. The monoisotopic (exact) mass is 772 g/mol. The molecule has 0 heterocycles. The smallest absolute Gasteiger partial charge is 0.324 e. The van der Waals surface area contributed by atoms with E-state index in [2.05, 4.69) is 255 Å². The first-order valence-corrected chi connectivity index (χ1v) is 20.2. The van der Waals surface area contributed by atoms with Gasteiger partial charge in [0.25, 0.3) is 0 Å². The van der Waals surface area contributed by atoms with Crippen molar-refractivity contribution >= 4 is 8.60 Å². The molecule has 9 aromatic rings. The lowest BCUT2D eigenvalue weighted by Gasteiger charge is -2.09. The number of benzene rings is 9. The molecule has 0 unspecified atom stereocenters. The molecule has 0 aromatic heterocycles. The van der Waals surface area contributed by atoms with Gasteiger partial charge in [-0.2, -0.15) is 0 Å². The van der Waals surface area contributed by atoms with Crippen molar-refractivity contribution in [2.75, 3.05) is 0 Å². The first-order valence-electron chi connectivity index (χ1n) is 19.0. The van der Waals surface area contributed by atoms with Crippen LogP contribution in [0.5, 0.6) is 0 Å². The van der Waals surface area contributed by atoms with Crippen molar-refractivity contribution in [3.63, 3.8) is 0 Å². The van der Waals surface area contributed by atoms with Gasteiger partial charge < -0.3 is 14.7 Å². The van der Waals surface area contributed by atoms with Gasteiger partial charge in [0, 0.05) is 0 Å². The van der Waals surface area contributed by atoms with E-state index in [1.54, 1.807) is 0 Å². The van der Waals surface area contributed by atoms with Gasteiger partial charge in [-0.15, -0.1) is 0 Å². The average Bonchev–Trinajstić information content (AvgIpc) is 3.31. The van der Waals surface area contributed by atoms with E-state index in [0.29, 0.717) is 0 Å². The van der Waals surface area contributed by atoms with Gasteiger partial charge in [0.1, 0.15) is 0 Å². The summed E-state index contributed by atoms with van der Waals surface area (Å²) in [6.45, 7) is 0. The molecule has 0 spiro atoms. The average molecular weight is 773 g/mol. The van der Waals surface area contributed by atoms with Crippen molar-refractivity contribution in [1.82, 2.24) is 0 Å². The van der Waals surface area contributed by atoms with Crippen molar-refractivity contribution < 1.29 is 14.7 Å². The Morgan fingerprint density at radius 3 is 0.397 bits per heavy atom. The molecular formula is C54H45O3P. The lowest BCUT2D eigenvalue weighted by atomic mass is 9.95.